The fourth-order valence-corrected chi connectivity index (χ4v) is 3.27. The summed E-state index contributed by atoms with van der Waals surface area (Å²) < 4.78 is 0. The van der Waals surface area contributed by atoms with E-state index in [0.717, 1.165) is 22.6 Å². The van der Waals surface area contributed by atoms with E-state index >= 15 is 0 Å². The first-order chi connectivity index (χ1) is 13.7. The summed E-state index contributed by atoms with van der Waals surface area (Å²) in [5, 5.41) is 8.05. The molecule has 0 spiro atoms. The van der Waals surface area contributed by atoms with Gasteiger partial charge in [0.2, 0.25) is 0 Å². The van der Waals surface area contributed by atoms with Crippen LogP contribution in [0.5, 0.6) is 0 Å². The molecule has 0 radical (unpaired) electrons. The van der Waals surface area contributed by atoms with Crippen molar-refractivity contribution in [1.82, 2.24) is 0 Å². The maximum absolute atomic E-state index is 12.4. The topological polar surface area (TPSA) is 77.3 Å². The maximum Gasteiger partial charge on any atom is 0.190 e. The van der Waals surface area contributed by atoms with E-state index in [9.17, 15) is 9.59 Å². The summed E-state index contributed by atoms with van der Waals surface area (Å²) in [7, 11) is 0. The molecule has 2 aromatic carbocycles. The summed E-state index contributed by atoms with van der Waals surface area (Å²) in [5.74, 6) is -0.240. The Labute approximate surface area is 162 Å². The molecule has 2 aliphatic heterocycles. The highest BCUT2D eigenvalue weighted by Crippen LogP contribution is 2.21. The second-order valence-corrected chi connectivity index (χ2v) is 6.84. The van der Waals surface area contributed by atoms with Crippen LogP contribution in [0, 0.1) is 0 Å². The molecule has 2 aliphatic rings. The Morgan fingerprint density at radius 1 is 0.714 bits per heavy atom. The lowest BCUT2D eigenvalue weighted by Gasteiger charge is -2.09. The maximum atomic E-state index is 12.4. The summed E-state index contributed by atoms with van der Waals surface area (Å²) in [4.78, 5) is 35.4. The van der Waals surface area contributed by atoms with Crippen LogP contribution in [-0.4, -0.2) is 35.2 Å². The molecule has 0 amide bonds. The first-order valence-corrected chi connectivity index (χ1v) is 9.32. The van der Waals surface area contributed by atoms with Gasteiger partial charge in [-0.3, -0.25) is 9.59 Å². The van der Waals surface area contributed by atoms with Crippen molar-refractivity contribution >= 4 is 23.0 Å². The number of nitrogens with zero attached hydrogens (tertiary/aromatic N) is 2. The van der Waals surface area contributed by atoms with E-state index < -0.39 is 12.2 Å². The van der Waals surface area contributed by atoms with Gasteiger partial charge in [-0.15, -0.1) is 0 Å². The lowest BCUT2D eigenvalue weighted by molar-refractivity contribution is -0.134. The molecule has 0 N–H and O–H groups in total. The lowest BCUT2D eigenvalue weighted by atomic mass is 9.97. The first-order valence-electron chi connectivity index (χ1n) is 9.32. The molecular formula is C22H20N2O4. The number of hydrogen-bond donors (Lipinski definition) is 0. The van der Waals surface area contributed by atoms with Gasteiger partial charge in [0.25, 0.3) is 0 Å². The number of rotatable bonds is 7. The molecule has 0 saturated carbocycles. The van der Waals surface area contributed by atoms with E-state index in [-0.39, 0.29) is 24.4 Å². The molecule has 6 nitrogen and oxygen atoms in total. The average Bonchev–Trinajstić information content (AvgIpc) is 3.43. The molecule has 6 heteroatoms. The number of hydrogen-bond acceptors (Lipinski definition) is 6. The molecule has 2 heterocycles. The summed E-state index contributed by atoms with van der Waals surface area (Å²) in [6.07, 6.45) is -0.160. The van der Waals surface area contributed by atoms with Crippen LogP contribution >= 0.6 is 0 Å². The smallest absolute Gasteiger partial charge is 0.190 e. The molecule has 2 aromatic rings. The van der Waals surface area contributed by atoms with Gasteiger partial charge in [-0.05, 0) is 11.1 Å². The highest BCUT2D eigenvalue weighted by atomic mass is 16.6. The van der Waals surface area contributed by atoms with E-state index in [2.05, 4.69) is 10.3 Å². The van der Waals surface area contributed by atoms with Gasteiger partial charge in [-0.2, -0.15) is 0 Å². The van der Waals surface area contributed by atoms with Crippen LogP contribution in [0.1, 0.15) is 36.8 Å². The molecule has 4 rings (SSSR count). The number of carbonyl (C=O) groups excluding carboxylic acids is 2. The van der Waals surface area contributed by atoms with Crippen LogP contribution in [0.4, 0.5) is 0 Å². The van der Waals surface area contributed by atoms with Crippen LogP contribution in [0.2, 0.25) is 0 Å². The van der Waals surface area contributed by atoms with Crippen LogP contribution in [-0.2, 0) is 19.3 Å². The van der Waals surface area contributed by atoms with Crippen molar-refractivity contribution in [3.05, 3.63) is 71.8 Å². The molecular weight excluding hydrogens is 356 g/mol. The average molecular weight is 376 g/mol. The summed E-state index contributed by atoms with van der Waals surface area (Å²) in [6, 6.07) is 19.2. The Morgan fingerprint density at radius 3 is 1.50 bits per heavy atom. The molecule has 0 unspecified atom stereocenters. The van der Waals surface area contributed by atoms with Gasteiger partial charge < -0.3 is 9.68 Å². The highest BCUT2D eigenvalue weighted by Gasteiger charge is 2.32. The fraction of sp³-hybridized carbons (Fsp3) is 0.273. The zero-order valence-electron chi connectivity index (χ0n) is 15.3. The van der Waals surface area contributed by atoms with E-state index in [0.29, 0.717) is 12.8 Å². The van der Waals surface area contributed by atoms with Crippen LogP contribution in [0.15, 0.2) is 71.0 Å². The molecule has 0 aliphatic carbocycles. The molecule has 0 saturated heterocycles. The van der Waals surface area contributed by atoms with Crippen molar-refractivity contribution in [1.29, 1.82) is 0 Å². The van der Waals surface area contributed by atoms with E-state index in [1.165, 1.54) is 0 Å². The molecule has 2 atom stereocenters. The summed E-state index contributed by atoms with van der Waals surface area (Å²) in [6.45, 7) is 0. The minimum absolute atomic E-state index is 0.113. The normalized spacial score (nSPS) is 20.7. The third-order valence-corrected chi connectivity index (χ3v) is 4.89. The Bertz CT molecular complexity index is 845. The predicted octanol–water partition coefficient (Wildman–Crippen LogP) is 3.29. The minimum Gasteiger partial charge on any atom is -0.384 e. The highest BCUT2D eigenvalue weighted by molar-refractivity contribution is 6.06. The van der Waals surface area contributed by atoms with Gasteiger partial charge in [-0.1, -0.05) is 71.0 Å². The molecule has 0 bridgehead atoms. The third-order valence-electron chi connectivity index (χ3n) is 4.89. The van der Waals surface area contributed by atoms with Crippen molar-refractivity contribution in [3.63, 3.8) is 0 Å². The Hall–Kier alpha value is -3.28. The second kappa shape index (κ2) is 8.17. The largest absolute Gasteiger partial charge is 0.384 e. The summed E-state index contributed by atoms with van der Waals surface area (Å²) >= 11 is 0. The van der Waals surface area contributed by atoms with Crippen molar-refractivity contribution in [2.24, 2.45) is 10.3 Å². The predicted molar refractivity (Wildman–Crippen MR) is 104 cm³/mol. The first kappa shape index (κ1) is 18.1. The van der Waals surface area contributed by atoms with Crippen molar-refractivity contribution in [3.8, 4) is 0 Å². The van der Waals surface area contributed by atoms with Crippen LogP contribution < -0.4 is 0 Å². The van der Waals surface area contributed by atoms with Crippen molar-refractivity contribution in [2.75, 3.05) is 0 Å². The number of carbonyl (C=O) groups is 2. The molecule has 0 aromatic heterocycles. The van der Waals surface area contributed by atoms with E-state index in [4.69, 9.17) is 9.68 Å². The summed E-state index contributed by atoms with van der Waals surface area (Å²) in [5.41, 5.74) is 3.40. The zero-order chi connectivity index (χ0) is 19.3. The number of ketones is 2. The van der Waals surface area contributed by atoms with Crippen LogP contribution in [0.3, 0.4) is 0 Å². The quantitative estimate of drug-likeness (QED) is 0.743. The van der Waals surface area contributed by atoms with Gasteiger partial charge in [0, 0.05) is 25.7 Å². The van der Waals surface area contributed by atoms with Gasteiger partial charge in [0.1, 0.15) is 0 Å². The standard InChI is InChI=1S/C22H20N2O4/c25-19(21-13-17(23-27-21)15-7-3-1-4-8-15)11-12-20(26)22-14-18(24-28-22)16-9-5-2-6-10-16/h1-10,21-22H,11-14H2/t21-,22-/m0/s1. The van der Waals surface area contributed by atoms with Gasteiger partial charge >= 0.3 is 0 Å². The SMILES string of the molecule is O=C(CCC(=O)[C@@H]1CC(c2ccccc2)=NO1)[C@@H]1CC(c2ccccc2)=NO1. The number of oxime groups is 2. The monoisotopic (exact) mass is 376 g/mol. The van der Waals surface area contributed by atoms with Gasteiger partial charge in [0.15, 0.2) is 23.8 Å². The Kier molecular flexibility index (Phi) is 5.28. The van der Waals surface area contributed by atoms with Gasteiger partial charge in [-0.25, -0.2) is 0 Å². The third kappa shape index (κ3) is 4.01. The van der Waals surface area contributed by atoms with Gasteiger partial charge in [0.05, 0.1) is 11.4 Å². The minimum atomic E-state index is -0.622. The lowest BCUT2D eigenvalue weighted by Crippen LogP contribution is -2.25. The zero-order valence-corrected chi connectivity index (χ0v) is 15.3. The van der Waals surface area contributed by atoms with Crippen molar-refractivity contribution < 1.29 is 19.3 Å². The molecule has 0 fully saturated rings. The number of benzene rings is 2. The van der Waals surface area contributed by atoms with Crippen molar-refractivity contribution in [2.45, 2.75) is 37.9 Å². The van der Waals surface area contributed by atoms with E-state index in [1.807, 2.05) is 60.7 Å². The van der Waals surface area contributed by atoms with Crippen LogP contribution in [0.25, 0.3) is 0 Å². The molecule has 142 valence electrons. The Morgan fingerprint density at radius 2 is 1.11 bits per heavy atom. The Balaban J connectivity index is 1.24. The molecule has 28 heavy (non-hydrogen) atoms. The number of Topliss-reactive ketones (excluding diaryl/α,β-unsaturated/α-hetero) is 2. The fourth-order valence-electron chi connectivity index (χ4n) is 3.27. The second-order valence-electron chi connectivity index (χ2n) is 6.84. The van der Waals surface area contributed by atoms with E-state index in [1.54, 1.807) is 0 Å².